The van der Waals surface area contributed by atoms with Gasteiger partial charge in [0.05, 0.1) is 18.2 Å². The minimum Gasteiger partial charge on any atom is -0.396 e. The second-order valence-corrected chi connectivity index (χ2v) is 5.85. The number of nitrogens with zero attached hydrogens (tertiary/aromatic N) is 1. The van der Waals surface area contributed by atoms with Crippen LogP contribution >= 0.6 is 0 Å². The molecule has 0 bridgehead atoms. The van der Waals surface area contributed by atoms with Crippen molar-refractivity contribution in [3.8, 4) is 0 Å². The molecule has 0 aliphatic heterocycles. The monoisotopic (exact) mass is 302 g/mol. The third-order valence-electron chi connectivity index (χ3n) is 3.57. The van der Waals surface area contributed by atoms with Crippen molar-refractivity contribution in [1.29, 1.82) is 0 Å². The average molecular weight is 302 g/mol. The van der Waals surface area contributed by atoms with Gasteiger partial charge >= 0.3 is 0 Å². The molecule has 2 rings (SSSR count). The maximum atomic E-state index is 13.5. The quantitative estimate of drug-likeness (QED) is 0.892. The molecule has 1 unspecified atom stereocenters. The van der Waals surface area contributed by atoms with Gasteiger partial charge in [0, 0.05) is 17.8 Å². The maximum Gasteiger partial charge on any atom is 0.253 e. The van der Waals surface area contributed by atoms with Crippen molar-refractivity contribution in [2.45, 2.75) is 19.9 Å². The van der Waals surface area contributed by atoms with Gasteiger partial charge in [0.25, 0.3) is 5.91 Å². The highest BCUT2D eigenvalue weighted by Gasteiger charge is 2.32. The molecule has 1 amide bonds. The largest absolute Gasteiger partial charge is 0.396 e. The van der Waals surface area contributed by atoms with Crippen LogP contribution < -0.4 is 5.32 Å². The number of pyridine rings is 1. The van der Waals surface area contributed by atoms with Crippen molar-refractivity contribution in [2.75, 3.05) is 6.61 Å². The van der Waals surface area contributed by atoms with Crippen LogP contribution in [0.2, 0.25) is 0 Å². The van der Waals surface area contributed by atoms with Crippen LogP contribution in [0.5, 0.6) is 0 Å². The number of benzene rings is 1. The van der Waals surface area contributed by atoms with E-state index >= 15 is 0 Å². The van der Waals surface area contributed by atoms with E-state index in [1.165, 1.54) is 18.3 Å². The van der Waals surface area contributed by atoms with E-state index in [1.54, 1.807) is 30.5 Å². The lowest BCUT2D eigenvalue weighted by atomic mass is 9.81. The molecule has 0 aliphatic rings. The van der Waals surface area contributed by atoms with E-state index in [2.05, 4.69) is 10.3 Å². The number of aliphatic hydroxyl groups is 1. The highest BCUT2D eigenvalue weighted by atomic mass is 19.1. The first kappa shape index (κ1) is 16.1. The van der Waals surface area contributed by atoms with E-state index in [1.807, 2.05) is 13.8 Å². The first-order valence-corrected chi connectivity index (χ1v) is 7.01. The summed E-state index contributed by atoms with van der Waals surface area (Å²) in [5.74, 6) is -0.698. The molecule has 0 spiro atoms. The van der Waals surface area contributed by atoms with Gasteiger partial charge in [0.2, 0.25) is 0 Å². The lowest BCUT2D eigenvalue weighted by Gasteiger charge is -2.33. The number of aromatic nitrogens is 1. The molecule has 2 N–H and O–H groups in total. The van der Waals surface area contributed by atoms with Crippen LogP contribution in [0.4, 0.5) is 4.39 Å². The Bertz CT molecular complexity index is 644. The van der Waals surface area contributed by atoms with Crippen LogP contribution in [0.3, 0.4) is 0 Å². The summed E-state index contributed by atoms with van der Waals surface area (Å²) in [6.45, 7) is 3.47. The fourth-order valence-corrected chi connectivity index (χ4v) is 2.22. The van der Waals surface area contributed by atoms with Gasteiger partial charge in [-0.2, -0.15) is 0 Å². The van der Waals surface area contributed by atoms with Crippen LogP contribution in [0, 0.1) is 11.2 Å². The SMILES string of the molecule is CC(C)(CO)C(NC(=O)c1cccnc1)c1cccc(F)c1. The molecule has 4 nitrogen and oxygen atoms in total. The van der Waals surface area contributed by atoms with Gasteiger partial charge in [-0.1, -0.05) is 26.0 Å². The zero-order valence-electron chi connectivity index (χ0n) is 12.6. The minimum atomic E-state index is -0.647. The fourth-order valence-electron chi connectivity index (χ4n) is 2.22. The molecule has 0 saturated carbocycles. The van der Waals surface area contributed by atoms with Crippen molar-refractivity contribution >= 4 is 5.91 Å². The molecule has 1 heterocycles. The number of carbonyl (C=O) groups is 1. The van der Waals surface area contributed by atoms with Crippen LogP contribution in [0.1, 0.15) is 35.8 Å². The molecule has 116 valence electrons. The van der Waals surface area contributed by atoms with E-state index in [4.69, 9.17) is 0 Å². The van der Waals surface area contributed by atoms with Crippen molar-refractivity contribution in [3.05, 3.63) is 65.7 Å². The number of nitrogens with one attached hydrogen (secondary N) is 1. The van der Waals surface area contributed by atoms with Gasteiger partial charge in [-0.15, -0.1) is 0 Å². The van der Waals surface area contributed by atoms with Gasteiger partial charge in [-0.05, 0) is 29.8 Å². The summed E-state index contributed by atoms with van der Waals surface area (Å²) in [6.07, 6.45) is 3.04. The molecule has 0 radical (unpaired) electrons. The first-order chi connectivity index (χ1) is 10.4. The zero-order valence-corrected chi connectivity index (χ0v) is 12.6. The number of amides is 1. The van der Waals surface area contributed by atoms with Gasteiger partial charge in [-0.3, -0.25) is 9.78 Å². The number of rotatable bonds is 5. The number of halogens is 1. The number of hydrogen-bond acceptors (Lipinski definition) is 3. The third kappa shape index (κ3) is 3.68. The van der Waals surface area contributed by atoms with Crippen LogP contribution in [0.25, 0.3) is 0 Å². The molecular weight excluding hydrogens is 283 g/mol. The zero-order chi connectivity index (χ0) is 16.2. The highest BCUT2D eigenvalue weighted by Crippen LogP contribution is 2.33. The Balaban J connectivity index is 2.32. The Kier molecular flexibility index (Phi) is 4.88. The standard InChI is InChI=1S/C17H19FN2O2/c1-17(2,11-21)15(12-5-3-7-14(18)9-12)20-16(22)13-6-4-8-19-10-13/h3-10,15,21H,11H2,1-2H3,(H,20,22). The summed E-state index contributed by atoms with van der Waals surface area (Å²) < 4.78 is 13.5. The van der Waals surface area contributed by atoms with Gasteiger partial charge in [0.1, 0.15) is 5.82 Å². The molecular formula is C17H19FN2O2. The van der Waals surface area contributed by atoms with Gasteiger partial charge < -0.3 is 10.4 Å². The lowest BCUT2D eigenvalue weighted by Crippen LogP contribution is -2.40. The van der Waals surface area contributed by atoms with Gasteiger partial charge in [-0.25, -0.2) is 4.39 Å². The summed E-state index contributed by atoms with van der Waals surface area (Å²) in [5.41, 5.74) is 0.375. The van der Waals surface area contributed by atoms with E-state index in [0.29, 0.717) is 11.1 Å². The predicted molar refractivity (Wildman–Crippen MR) is 81.7 cm³/mol. The van der Waals surface area contributed by atoms with E-state index in [9.17, 15) is 14.3 Å². The van der Waals surface area contributed by atoms with Crippen molar-refractivity contribution in [2.24, 2.45) is 5.41 Å². The molecule has 1 atom stereocenters. The lowest BCUT2D eigenvalue weighted by molar-refractivity contribution is 0.0807. The number of carbonyl (C=O) groups excluding carboxylic acids is 1. The van der Waals surface area contributed by atoms with Gasteiger partial charge in [0.15, 0.2) is 0 Å². The van der Waals surface area contributed by atoms with E-state index < -0.39 is 11.5 Å². The molecule has 22 heavy (non-hydrogen) atoms. The second kappa shape index (κ2) is 6.66. The minimum absolute atomic E-state index is 0.151. The Morgan fingerprint density at radius 2 is 2.14 bits per heavy atom. The smallest absolute Gasteiger partial charge is 0.253 e. The van der Waals surface area contributed by atoms with Crippen LogP contribution in [-0.4, -0.2) is 22.6 Å². The number of hydrogen-bond donors (Lipinski definition) is 2. The second-order valence-electron chi connectivity index (χ2n) is 5.85. The predicted octanol–water partition coefficient (Wildman–Crippen LogP) is 2.71. The van der Waals surface area contributed by atoms with Crippen molar-refractivity contribution < 1.29 is 14.3 Å². The Labute approximate surface area is 129 Å². The Hall–Kier alpha value is -2.27. The van der Waals surface area contributed by atoms with Crippen LogP contribution in [0.15, 0.2) is 48.8 Å². The first-order valence-electron chi connectivity index (χ1n) is 7.01. The molecule has 0 fully saturated rings. The topological polar surface area (TPSA) is 62.2 Å². The van der Waals surface area contributed by atoms with E-state index in [-0.39, 0.29) is 18.3 Å². The maximum absolute atomic E-state index is 13.5. The fraction of sp³-hybridized carbons (Fsp3) is 0.294. The Morgan fingerprint density at radius 3 is 2.73 bits per heavy atom. The van der Waals surface area contributed by atoms with E-state index in [0.717, 1.165) is 0 Å². The van der Waals surface area contributed by atoms with Crippen molar-refractivity contribution in [3.63, 3.8) is 0 Å². The molecule has 5 heteroatoms. The Morgan fingerprint density at radius 1 is 1.36 bits per heavy atom. The molecule has 2 aromatic rings. The summed E-state index contributed by atoms with van der Waals surface area (Å²) in [6, 6.07) is 8.82. The molecule has 1 aromatic carbocycles. The number of aliphatic hydroxyl groups excluding tert-OH is 1. The van der Waals surface area contributed by atoms with Crippen molar-refractivity contribution in [1.82, 2.24) is 10.3 Å². The molecule has 0 aliphatic carbocycles. The summed E-state index contributed by atoms with van der Waals surface area (Å²) in [5, 5.41) is 12.5. The summed E-state index contributed by atoms with van der Waals surface area (Å²) in [4.78, 5) is 16.3. The molecule has 0 saturated heterocycles. The highest BCUT2D eigenvalue weighted by molar-refractivity contribution is 5.94. The molecule has 1 aromatic heterocycles. The summed E-state index contributed by atoms with van der Waals surface area (Å²) in [7, 11) is 0. The normalized spacial score (nSPS) is 12.7. The summed E-state index contributed by atoms with van der Waals surface area (Å²) >= 11 is 0. The third-order valence-corrected chi connectivity index (χ3v) is 3.57. The van der Waals surface area contributed by atoms with Crippen LogP contribution in [-0.2, 0) is 0 Å². The average Bonchev–Trinajstić information content (AvgIpc) is 2.53.